The van der Waals surface area contributed by atoms with E-state index < -0.39 is 0 Å². The minimum atomic E-state index is -0.161. The summed E-state index contributed by atoms with van der Waals surface area (Å²) in [6.45, 7) is 2.74. The van der Waals surface area contributed by atoms with Gasteiger partial charge in [0.15, 0.2) is 0 Å². The first-order valence-corrected chi connectivity index (χ1v) is 3.76. The third-order valence-electron chi connectivity index (χ3n) is 1.20. The second kappa shape index (κ2) is 5.70. The normalized spacial score (nSPS) is 9.18. The molecule has 0 radical (unpaired) electrons. The smallest absolute Gasteiger partial charge is 0.227 e. The van der Waals surface area contributed by atoms with Crippen LogP contribution in [0.4, 0.5) is 0 Å². The summed E-state index contributed by atoms with van der Waals surface area (Å²) in [5.74, 6) is -0.245. The highest BCUT2D eigenvalue weighted by Gasteiger charge is 2.00. The van der Waals surface area contributed by atoms with E-state index in [4.69, 9.17) is 11.1 Å². The Morgan fingerprint density at radius 3 is 2.73 bits per heavy atom. The van der Waals surface area contributed by atoms with E-state index in [0.29, 0.717) is 6.54 Å². The summed E-state index contributed by atoms with van der Waals surface area (Å²) in [4.78, 5) is 10.8. The maximum absolute atomic E-state index is 10.8. The lowest BCUT2D eigenvalue weighted by atomic mass is 10.3. The molecule has 0 atom stereocenters. The van der Waals surface area contributed by atoms with Gasteiger partial charge in [-0.05, 0) is 6.42 Å². The minimum Gasteiger partial charge on any atom is -0.387 e. The van der Waals surface area contributed by atoms with Crippen molar-refractivity contribution in [2.24, 2.45) is 5.73 Å². The van der Waals surface area contributed by atoms with Crippen LogP contribution in [-0.2, 0) is 4.79 Å². The standard InChI is InChI=1S/C7H15N3O/c1-2-3-4-10-7(11)5-6(8)9/h2-5H2,1H3,(H3,8,9)(H,10,11). The first-order valence-electron chi connectivity index (χ1n) is 3.76. The molecule has 0 fully saturated rings. The van der Waals surface area contributed by atoms with E-state index in [2.05, 4.69) is 12.2 Å². The summed E-state index contributed by atoms with van der Waals surface area (Å²) < 4.78 is 0. The van der Waals surface area contributed by atoms with E-state index in [0.717, 1.165) is 12.8 Å². The van der Waals surface area contributed by atoms with E-state index >= 15 is 0 Å². The maximum Gasteiger partial charge on any atom is 0.227 e. The molecule has 0 heterocycles. The molecule has 0 rings (SSSR count). The summed E-state index contributed by atoms with van der Waals surface area (Å²) in [7, 11) is 0. The zero-order valence-electron chi connectivity index (χ0n) is 6.81. The van der Waals surface area contributed by atoms with Crippen LogP contribution >= 0.6 is 0 Å². The fourth-order valence-electron chi connectivity index (χ4n) is 0.640. The number of unbranched alkanes of at least 4 members (excludes halogenated alkanes) is 1. The largest absolute Gasteiger partial charge is 0.387 e. The maximum atomic E-state index is 10.8. The van der Waals surface area contributed by atoms with Gasteiger partial charge in [-0.15, -0.1) is 0 Å². The number of nitrogens with two attached hydrogens (primary N) is 1. The molecule has 0 aliphatic heterocycles. The highest BCUT2D eigenvalue weighted by atomic mass is 16.1. The average molecular weight is 157 g/mol. The van der Waals surface area contributed by atoms with Crippen LogP contribution in [0.5, 0.6) is 0 Å². The molecule has 0 saturated carbocycles. The summed E-state index contributed by atoms with van der Waals surface area (Å²) in [5, 5.41) is 9.48. The molecule has 4 heteroatoms. The molecule has 0 aromatic heterocycles. The first kappa shape index (κ1) is 9.94. The number of amides is 1. The van der Waals surface area contributed by atoms with Crippen LogP contribution in [0.3, 0.4) is 0 Å². The van der Waals surface area contributed by atoms with Crippen molar-refractivity contribution in [1.29, 1.82) is 5.41 Å². The number of hydrogen-bond donors (Lipinski definition) is 3. The third kappa shape index (κ3) is 6.83. The molecule has 0 saturated heterocycles. The van der Waals surface area contributed by atoms with Crippen LogP contribution in [0.2, 0.25) is 0 Å². The van der Waals surface area contributed by atoms with Gasteiger partial charge in [-0.1, -0.05) is 13.3 Å². The zero-order chi connectivity index (χ0) is 8.69. The number of rotatable bonds is 5. The zero-order valence-corrected chi connectivity index (χ0v) is 6.81. The highest BCUT2D eigenvalue weighted by molar-refractivity contribution is 5.97. The van der Waals surface area contributed by atoms with Gasteiger partial charge in [0.05, 0.1) is 12.3 Å². The molecular formula is C7H15N3O. The number of carbonyl (C=O) groups excluding carboxylic acids is 1. The Hall–Kier alpha value is -1.06. The van der Waals surface area contributed by atoms with Crippen molar-refractivity contribution in [3.63, 3.8) is 0 Å². The predicted molar refractivity (Wildman–Crippen MR) is 44.4 cm³/mol. The van der Waals surface area contributed by atoms with Crippen LogP contribution < -0.4 is 11.1 Å². The Morgan fingerprint density at radius 2 is 2.27 bits per heavy atom. The Labute approximate surface area is 66.7 Å². The monoisotopic (exact) mass is 157 g/mol. The van der Waals surface area contributed by atoms with Gasteiger partial charge in [0.1, 0.15) is 0 Å². The second-order valence-electron chi connectivity index (χ2n) is 2.41. The molecule has 0 aromatic carbocycles. The number of carbonyl (C=O) groups is 1. The van der Waals surface area contributed by atoms with Gasteiger partial charge in [0.25, 0.3) is 0 Å². The molecule has 0 aliphatic carbocycles. The van der Waals surface area contributed by atoms with Crippen molar-refractivity contribution < 1.29 is 4.79 Å². The summed E-state index contributed by atoms with van der Waals surface area (Å²) >= 11 is 0. The van der Waals surface area contributed by atoms with E-state index in [9.17, 15) is 4.79 Å². The van der Waals surface area contributed by atoms with Crippen LogP contribution in [-0.4, -0.2) is 18.3 Å². The predicted octanol–water partition coefficient (Wildman–Crippen LogP) is 0.229. The fraction of sp³-hybridized carbons (Fsp3) is 0.714. The molecule has 0 spiro atoms. The Morgan fingerprint density at radius 1 is 1.64 bits per heavy atom. The Balaban J connectivity index is 3.30. The fourth-order valence-corrected chi connectivity index (χ4v) is 0.640. The van der Waals surface area contributed by atoms with Crippen LogP contribution in [0, 0.1) is 5.41 Å². The lowest BCUT2D eigenvalue weighted by molar-refractivity contribution is -0.119. The third-order valence-corrected chi connectivity index (χ3v) is 1.20. The van der Waals surface area contributed by atoms with Gasteiger partial charge in [-0.3, -0.25) is 10.2 Å². The number of nitrogens with one attached hydrogen (secondary N) is 2. The van der Waals surface area contributed by atoms with Gasteiger partial charge in [-0.2, -0.15) is 0 Å². The van der Waals surface area contributed by atoms with Gasteiger partial charge in [-0.25, -0.2) is 0 Å². The van der Waals surface area contributed by atoms with Crippen molar-refractivity contribution in [1.82, 2.24) is 5.32 Å². The minimum absolute atomic E-state index is 0.0176. The molecule has 4 nitrogen and oxygen atoms in total. The molecule has 0 bridgehead atoms. The van der Waals surface area contributed by atoms with Crippen molar-refractivity contribution in [3.05, 3.63) is 0 Å². The highest BCUT2D eigenvalue weighted by Crippen LogP contribution is 1.83. The molecule has 0 unspecified atom stereocenters. The average Bonchev–Trinajstić information content (AvgIpc) is 1.86. The lowest BCUT2D eigenvalue weighted by Gasteiger charge is -2.01. The Kier molecular flexibility index (Phi) is 5.15. The summed E-state index contributed by atoms with van der Waals surface area (Å²) in [6.07, 6.45) is 2.05. The second-order valence-corrected chi connectivity index (χ2v) is 2.41. The molecule has 0 aliphatic rings. The van der Waals surface area contributed by atoms with Crippen molar-refractivity contribution in [3.8, 4) is 0 Å². The van der Waals surface area contributed by atoms with Gasteiger partial charge in [0.2, 0.25) is 5.91 Å². The van der Waals surface area contributed by atoms with Gasteiger partial charge >= 0.3 is 0 Å². The van der Waals surface area contributed by atoms with Crippen molar-refractivity contribution >= 4 is 11.7 Å². The van der Waals surface area contributed by atoms with Crippen LogP contribution in [0.1, 0.15) is 26.2 Å². The topological polar surface area (TPSA) is 79.0 Å². The summed E-state index contributed by atoms with van der Waals surface area (Å²) in [5.41, 5.74) is 5.02. The van der Waals surface area contributed by atoms with Crippen LogP contribution in [0.15, 0.2) is 0 Å². The first-order chi connectivity index (χ1) is 5.16. The summed E-state index contributed by atoms with van der Waals surface area (Å²) in [6, 6.07) is 0. The van der Waals surface area contributed by atoms with E-state index in [1.807, 2.05) is 0 Å². The molecule has 64 valence electrons. The molecule has 0 aromatic rings. The molecule has 1 amide bonds. The quantitative estimate of drug-likeness (QED) is 0.303. The number of amidine groups is 1. The molecule has 4 N–H and O–H groups in total. The Bertz CT molecular complexity index is 145. The van der Waals surface area contributed by atoms with Gasteiger partial charge < -0.3 is 11.1 Å². The number of hydrogen-bond acceptors (Lipinski definition) is 2. The van der Waals surface area contributed by atoms with Gasteiger partial charge in [0, 0.05) is 6.54 Å². The SMILES string of the molecule is CCCCNC(=O)CC(=N)N. The lowest BCUT2D eigenvalue weighted by Crippen LogP contribution is -2.28. The molecule has 11 heavy (non-hydrogen) atoms. The van der Waals surface area contributed by atoms with Crippen molar-refractivity contribution in [2.45, 2.75) is 26.2 Å². The van der Waals surface area contributed by atoms with Crippen LogP contribution in [0.25, 0.3) is 0 Å². The van der Waals surface area contributed by atoms with E-state index in [-0.39, 0.29) is 18.2 Å². The van der Waals surface area contributed by atoms with Crippen molar-refractivity contribution in [2.75, 3.05) is 6.54 Å². The van der Waals surface area contributed by atoms with E-state index in [1.165, 1.54) is 0 Å². The molecular weight excluding hydrogens is 142 g/mol. The van der Waals surface area contributed by atoms with E-state index in [1.54, 1.807) is 0 Å².